The van der Waals surface area contributed by atoms with Crippen molar-refractivity contribution in [3.05, 3.63) is 64.5 Å². The highest BCUT2D eigenvalue weighted by atomic mass is 79.9. The minimum absolute atomic E-state index is 0.221. The number of benzene rings is 2. The van der Waals surface area contributed by atoms with E-state index in [1.165, 1.54) is 6.07 Å². The smallest absolute Gasteiger partial charge is 0.125 e. The second-order valence-corrected chi connectivity index (χ2v) is 5.46. The van der Waals surface area contributed by atoms with E-state index in [0.29, 0.717) is 12.2 Å². The number of nitrogen functional groups attached to an aromatic ring is 1. The van der Waals surface area contributed by atoms with Gasteiger partial charge < -0.3 is 10.3 Å². The monoisotopic (exact) mass is 318 g/mol. The van der Waals surface area contributed by atoms with Gasteiger partial charge in [0, 0.05) is 22.9 Å². The summed E-state index contributed by atoms with van der Waals surface area (Å²) >= 11 is 3.43. The molecule has 2 N–H and O–H groups in total. The average molecular weight is 319 g/mol. The lowest BCUT2D eigenvalue weighted by Crippen LogP contribution is -1.99. The van der Waals surface area contributed by atoms with Crippen LogP contribution in [0.2, 0.25) is 0 Å². The number of aromatic nitrogens is 1. The molecule has 0 radical (unpaired) electrons. The van der Waals surface area contributed by atoms with Crippen LogP contribution in [0.1, 0.15) is 5.56 Å². The zero-order chi connectivity index (χ0) is 13.4. The van der Waals surface area contributed by atoms with Crippen molar-refractivity contribution in [3.8, 4) is 0 Å². The highest BCUT2D eigenvalue weighted by Gasteiger charge is 2.04. The van der Waals surface area contributed by atoms with Gasteiger partial charge in [0.25, 0.3) is 0 Å². The first-order valence-corrected chi connectivity index (χ1v) is 6.70. The van der Waals surface area contributed by atoms with Crippen LogP contribution in [-0.2, 0) is 6.54 Å². The molecular weight excluding hydrogens is 307 g/mol. The van der Waals surface area contributed by atoms with Gasteiger partial charge in [0.05, 0.1) is 5.52 Å². The normalized spacial score (nSPS) is 11.1. The summed E-state index contributed by atoms with van der Waals surface area (Å²) in [6.07, 6.45) is 1.96. The van der Waals surface area contributed by atoms with E-state index in [9.17, 15) is 4.39 Å². The maximum absolute atomic E-state index is 13.3. The number of nitrogens with two attached hydrogens (primary N) is 1. The topological polar surface area (TPSA) is 30.9 Å². The van der Waals surface area contributed by atoms with Crippen LogP contribution in [0.5, 0.6) is 0 Å². The summed E-state index contributed by atoms with van der Waals surface area (Å²) < 4.78 is 16.3. The van der Waals surface area contributed by atoms with Crippen molar-refractivity contribution in [1.82, 2.24) is 4.57 Å². The molecule has 0 bridgehead atoms. The molecule has 1 heterocycles. The van der Waals surface area contributed by atoms with E-state index in [-0.39, 0.29) is 5.82 Å². The Bertz CT molecular complexity index is 729. The minimum atomic E-state index is -0.221. The largest absolute Gasteiger partial charge is 0.399 e. The molecule has 1 aromatic heterocycles. The second-order valence-electron chi connectivity index (χ2n) is 4.54. The molecule has 0 aliphatic heterocycles. The first kappa shape index (κ1) is 12.2. The van der Waals surface area contributed by atoms with Gasteiger partial charge in [-0.15, -0.1) is 0 Å². The van der Waals surface area contributed by atoms with Gasteiger partial charge in [0.1, 0.15) is 5.82 Å². The molecule has 96 valence electrons. The molecule has 3 aromatic rings. The number of rotatable bonds is 2. The molecule has 2 aromatic carbocycles. The Morgan fingerprint density at radius 3 is 2.74 bits per heavy atom. The summed E-state index contributed by atoms with van der Waals surface area (Å²) in [5.74, 6) is -0.221. The van der Waals surface area contributed by atoms with Crippen molar-refractivity contribution >= 4 is 32.5 Å². The standard InChI is InChI=1S/C15H12BrFN2/c16-12-5-10(6-14(18)7-12)9-19-4-3-11-1-2-13(17)8-15(11)19/h1-8H,9,18H2. The lowest BCUT2D eigenvalue weighted by Gasteiger charge is -2.07. The Morgan fingerprint density at radius 2 is 1.95 bits per heavy atom. The van der Waals surface area contributed by atoms with Crippen molar-refractivity contribution in [2.75, 3.05) is 5.73 Å². The van der Waals surface area contributed by atoms with Crippen molar-refractivity contribution in [2.24, 2.45) is 0 Å². The summed E-state index contributed by atoms with van der Waals surface area (Å²) in [5, 5.41) is 1.03. The Balaban J connectivity index is 2.03. The maximum Gasteiger partial charge on any atom is 0.125 e. The van der Waals surface area contributed by atoms with Crippen LogP contribution in [-0.4, -0.2) is 4.57 Å². The van der Waals surface area contributed by atoms with E-state index in [4.69, 9.17) is 5.73 Å². The maximum atomic E-state index is 13.3. The summed E-state index contributed by atoms with van der Waals surface area (Å²) in [7, 11) is 0. The number of hydrogen-bond donors (Lipinski definition) is 1. The van der Waals surface area contributed by atoms with Crippen molar-refractivity contribution in [2.45, 2.75) is 6.54 Å². The molecular formula is C15H12BrFN2. The lowest BCUT2D eigenvalue weighted by molar-refractivity contribution is 0.628. The predicted octanol–water partition coefficient (Wildman–Crippen LogP) is 4.17. The lowest BCUT2D eigenvalue weighted by atomic mass is 10.2. The number of anilines is 1. The van der Waals surface area contributed by atoms with Crippen LogP contribution < -0.4 is 5.73 Å². The fourth-order valence-corrected chi connectivity index (χ4v) is 2.82. The molecule has 0 amide bonds. The van der Waals surface area contributed by atoms with Gasteiger partial charge >= 0.3 is 0 Å². The number of nitrogens with zero attached hydrogens (tertiary/aromatic N) is 1. The molecule has 19 heavy (non-hydrogen) atoms. The van der Waals surface area contributed by atoms with Gasteiger partial charge in [0.2, 0.25) is 0 Å². The molecule has 0 saturated heterocycles. The third-order valence-corrected chi connectivity index (χ3v) is 3.53. The fourth-order valence-electron chi connectivity index (χ4n) is 2.26. The fraction of sp³-hybridized carbons (Fsp3) is 0.0667. The SMILES string of the molecule is Nc1cc(Br)cc(Cn2ccc3ccc(F)cc32)c1. The minimum Gasteiger partial charge on any atom is -0.399 e. The Kier molecular flexibility index (Phi) is 3.03. The molecule has 2 nitrogen and oxygen atoms in total. The molecule has 0 unspecified atom stereocenters. The molecule has 0 fully saturated rings. The van der Waals surface area contributed by atoms with Gasteiger partial charge in [-0.2, -0.15) is 0 Å². The third kappa shape index (κ3) is 2.49. The van der Waals surface area contributed by atoms with E-state index in [1.807, 2.05) is 35.0 Å². The highest BCUT2D eigenvalue weighted by Crippen LogP contribution is 2.21. The van der Waals surface area contributed by atoms with E-state index in [1.54, 1.807) is 12.1 Å². The van der Waals surface area contributed by atoms with Crippen LogP contribution >= 0.6 is 15.9 Å². The van der Waals surface area contributed by atoms with Crippen molar-refractivity contribution in [3.63, 3.8) is 0 Å². The Morgan fingerprint density at radius 1 is 1.11 bits per heavy atom. The van der Waals surface area contributed by atoms with E-state index < -0.39 is 0 Å². The molecule has 4 heteroatoms. The van der Waals surface area contributed by atoms with Crippen LogP contribution in [0.3, 0.4) is 0 Å². The molecule has 0 atom stereocenters. The summed E-state index contributed by atoms with van der Waals surface area (Å²) in [4.78, 5) is 0. The molecule has 3 rings (SSSR count). The zero-order valence-electron chi connectivity index (χ0n) is 10.1. The summed E-state index contributed by atoms with van der Waals surface area (Å²) in [5.41, 5.74) is 8.51. The molecule has 0 aliphatic rings. The first-order chi connectivity index (χ1) is 9.11. The van der Waals surface area contributed by atoms with Crippen LogP contribution in [0.15, 0.2) is 53.1 Å². The van der Waals surface area contributed by atoms with E-state index in [2.05, 4.69) is 15.9 Å². The Hall–Kier alpha value is -1.81. The Labute approximate surface area is 118 Å². The van der Waals surface area contributed by atoms with Gasteiger partial charge in [-0.25, -0.2) is 4.39 Å². The summed E-state index contributed by atoms with van der Waals surface area (Å²) in [6.45, 7) is 0.663. The van der Waals surface area contributed by atoms with Crippen LogP contribution in [0, 0.1) is 5.82 Å². The van der Waals surface area contributed by atoms with E-state index in [0.717, 1.165) is 20.9 Å². The number of halogens is 2. The third-order valence-electron chi connectivity index (χ3n) is 3.07. The number of fused-ring (bicyclic) bond motifs is 1. The van der Waals surface area contributed by atoms with E-state index >= 15 is 0 Å². The summed E-state index contributed by atoms with van der Waals surface area (Å²) in [6, 6.07) is 12.6. The van der Waals surface area contributed by atoms with Gasteiger partial charge in [-0.05, 0) is 53.4 Å². The van der Waals surface area contributed by atoms with Crippen molar-refractivity contribution < 1.29 is 4.39 Å². The van der Waals surface area contributed by atoms with Crippen LogP contribution in [0.25, 0.3) is 10.9 Å². The molecule has 0 spiro atoms. The van der Waals surface area contributed by atoms with Crippen molar-refractivity contribution in [1.29, 1.82) is 0 Å². The van der Waals surface area contributed by atoms with Crippen LogP contribution in [0.4, 0.5) is 10.1 Å². The van der Waals surface area contributed by atoms with Gasteiger partial charge in [-0.1, -0.05) is 15.9 Å². The highest BCUT2D eigenvalue weighted by molar-refractivity contribution is 9.10. The molecule has 0 saturated carbocycles. The predicted molar refractivity (Wildman–Crippen MR) is 79.6 cm³/mol. The van der Waals surface area contributed by atoms with Gasteiger partial charge in [-0.3, -0.25) is 0 Å². The average Bonchev–Trinajstić information content (AvgIpc) is 2.70. The second kappa shape index (κ2) is 4.70. The zero-order valence-corrected chi connectivity index (χ0v) is 11.7. The quantitative estimate of drug-likeness (QED) is 0.706. The molecule has 0 aliphatic carbocycles. The first-order valence-electron chi connectivity index (χ1n) is 5.91. The number of hydrogen-bond acceptors (Lipinski definition) is 1. The van der Waals surface area contributed by atoms with Gasteiger partial charge in [0.15, 0.2) is 0 Å².